The molecule has 3 aromatic rings. The molecule has 0 saturated carbocycles. The van der Waals surface area contributed by atoms with Crippen LogP contribution in [0.4, 0.5) is 5.95 Å². The van der Waals surface area contributed by atoms with Crippen molar-refractivity contribution in [3.8, 4) is 22.9 Å². The van der Waals surface area contributed by atoms with Crippen LogP contribution in [-0.4, -0.2) is 35.3 Å². The zero-order valence-electron chi connectivity index (χ0n) is 13.2. The molecule has 0 fully saturated rings. The molecule has 24 heavy (non-hydrogen) atoms. The molecule has 0 aliphatic heterocycles. The van der Waals surface area contributed by atoms with Crippen LogP contribution >= 0.6 is 0 Å². The lowest BCUT2D eigenvalue weighted by atomic mass is 10.2. The van der Waals surface area contributed by atoms with E-state index in [9.17, 15) is 4.79 Å². The van der Waals surface area contributed by atoms with Crippen molar-refractivity contribution in [2.75, 3.05) is 19.5 Å². The molecule has 1 heterocycles. The molecule has 7 heteroatoms. The van der Waals surface area contributed by atoms with Crippen LogP contribution in [0.5, 0.6) is 11.5 Å². The van der Waals surface area contributed by atoms with Gasteiger partial charge in [0.15, 0.2) is 5.82 Å². The van der Waals surface area contributed by atoms with Crippen molar-refractivity contribution in [1.82, 2.24) is 15.2 Å². The second-order valence-corrected chi connectivity index (χ2v) is 4.92. The molecule has 2 N–H and O–H groups in total. The number of hydrogen-bond acceptors (Lipinski definition) is 5. The zero-order valence-corrected chi connectivity index (χ0v) is 13.2. The summed E-state index contributed by atoms with van der Waals surface area (Å²) in [6, 6.07) is 14.2. The average Bonchev–Trinajstić information content (AvgIpc) is 3.10. The van der Waals surface area contributed by atoms with E-state index in [2.05, 4.69) is 20.5 Å². The monoisotopic (exact) mass is 324 g/mol. The molecule has 1 amide bonds. The molecule has 0 bridgehead atoms. The highest BCUT2D eigenvalue weighted by Crippen LogP contribution is 2.20. The summed E-state index contributed by atoms with van der Waals surface area (Å²) in [4.78, 5) is 16.5. The third kappa shape index (κ3) is 3.35. The lowest BCUT2D eigenvalue weighted by molar-refractivity contribution is 0.102. The van der Waals surface area contributed by atoms with Gasteiger partial charge in [-0.2, -0.15) is 4.98 Å². The van der Waals surface area contributed by atoms with E-state index in [0.29, 0.717) is 17.1 Å². The fraction of sp³-hybridized carbons (Fsp3) is 0.118. The molecule has 7 nitrogen and oxygen atoms in total. The summed E-state index contributed by atoms with van der Waals surface area (Å²) in [7, 11) is 3.16. The number of benzene rings is 2. The Hall–Kier alpha value is -3.35. The molecule has 0 radical (unpaired) electrons. The summed E-state index contributed by atoms with van der Waals surface area (Å²) in [5, 5.41) is 9.46. The summed E-state index contributed by atoms with van der Waals surface area (Å²) in [5.41, 5.74) is 1.30. The number of ether oxygens (including phenoxy) is 2. The highest BCUT2D eigenvalue weighted by Gasteiger charge is 2.11. The number of anilines is 1. The maximum Gasteiger partial charge on any atom is 0.258 e. The van der Waals surface area contributed by atoms with Crippen molar-refractivity contribution in [1.29, 1.82) is 0 Å². The molecular weight excluding hydrogens is 308 g/mol. The van der Waals surface area contributed by atoms with Gasteiger partial charge in [0.2, 0.25) is 5.95 Å². The molecule has 0 aliphatic carbocycles. The van der Waals surface area contributed by atoms with Crippen molar-refractivity contribution in [2.24, 2.45) is 0 Å². The van der Waals surface area contributed by atoms with Crippen LogP contribution in [0, 0.1) is 0 Å². The van der Waals surface area contributed by atoms with Crippen LogP contribution < -0.4 is 14.8 Å². The lowest BCUT2D eigenvalue weighted by Crippen LogP contribution is -2.13. The van der Waals surface area contributed by atoms with Gasteiger partial charge in [-0.15, -0.1) is 5.10 Å². The second kappa shape index (κ2) is 6.82. The highest BCUT2D eigenvalue weighted by molar-refractivity contribution is 6.03. The molecule has 0 saturated heterocycles. The molecule has 2 aromatic carbocycles. The Kier molecular flexibility index (Phi) is 4.42. The fourth-order valence-electron chi connectivity index (χ4n) is 2.13. The van der Waals surface area contributed by atoms with Gasteiger partial charge in [-0.3, -0.25) is 15.2 Å². The van der Waals surface area contributed by atoms with E-state index >= 15 is 0 Å². The number of rotatable bonds is 5. The quantitative estimate of drug-likeness (QED) is 0.753. The third-order valence-corrected chi connectivity index (χ3v) is 3.41. The minimum Gasteiger partial charge on any atom is -0.497 e. The number of amides is 1. The van der Waals surface area contributed by atoms with Gasteiger partial charge in [0.25, 0.3) is 5.91 Å². The van der Waals surface area contributed by atoms with E-state index in [1.54, 1.807) is 38.5 Å². The largest absolute Gasteiger partial charge is 0.497 e. The molecule has 0 unspecified atom stereocenters. The minimum absolute atomic E-state index is 0.202. The van der Waals surface area contributed by atoms with Crippen LogP contribution in [0.1, 0.15) is 10.4 Å². The van der Waals surface area contributed by atoms with Gasteiger partial charge in [0, 0.05) is 11.1 Å². The standard InChI is InChI=1S/C17H16N4O3/c1-23-13-8-6-11(7-9-13)15-18-17(21-20-15)19-16(22)12-4-3-5-14(10-12)24-2/h3-10H,1-2H3,(H2,18,19,20,21,22). The summed E-state index contributed by atoms with van der Waals surface area (Å²) in [5.74, 6) is 1.81. The summed E-state index contributed by atoms with van der Waals surface area (Å²) in [6.07, 6.45) is 0. The average molecular weight is 324 g/mol. The lowest BCUT2D eigenvalue weighted by Gasteiger charge is -2.03. The zero-order chi connectivity index (χ0) is 16.9. The summed E-state index contributed by atoms with van der Waals surface area (Å²) >= 11 is 0. The Morgan fingerprint density at radius 3 is 2.50 bits per heavy atom. The van der Waals surface area contributed by atoms with Crippen molar-refractivity contribution in [3.05, 3.63) is 54.1 Å². The predicted octanol–water partition coefficient (Wildman–Crippen LogP) is 2.74. The number of carbonyl (C=O) groups excluding carboxylic acids is 1. The normalized spacial score (nSPS) is 10.2. The minimum atomic E-state index is -0.311. The van der Waals surface area contributed by atoms with Gasteiger partial charge in [-0.05, 0) is 42.5 Å². The molecule has 0 spiro atoms. The summed E-state index contributed by atoms with van der Waals surface area (Å²) in [6.45, 7) is 0. The smallest absolute Gasteiger partial charge is 0.258 e. The topological polar surface area (TPSA) is 89.1 Å². The van der Waals surface area contributed by atoms with Crippen LogP contribution in [0.3, 0.4) is 0 Å². The van der Waals surface area contributed by atoms with Crippen LogP contribution in [-0.2, 0) is 0 Å². The maximum absolute atomic E-state index is 12.2. The van der Waals surface area contributed by atoms with Crippen LogP contribution in [0.25, 0.3) is 11.4 Å². The molecule has 122 valence electrons. The Morgan fingerprint density at radius 2 is 1.79 bits per heavy atom. The third-order valence-electron chi connectivity index (χ3n) is 3.41. The van der Waals surface area contributed by atoms with Gasteiger partial charge >= 0.3 is 0 Å². The van der Waals surface area contributed by atoms with E-state index in [4.69, 9.17) is 9.47 Å². The number of hydrogen-bond donors (Lipinski definition) is 2. The Labute approximate surface area is 138 Å². The van der Waals surface area contributed by atoms with Gasteiger partial charge < -0.3 is 9.47 Å². The first-order chi connectivity index (χ1) is 11.7. The highest BCUT2D eigenvalue weighted by atomic mass is 16.5. The van der Waals surface area contributed by atoms with Crippen molar-refractivity contribution in [3.63, 3.8) is 0 Å². The number of H-pyrrole nitrogens is 1. The number of carbonyl (C=O) groups is 1. The van der Waals surface area contributed by atoms with Crippen molar-refractivity contribution >= 4 is 11.9 Å². The van der Waals surface area contributed by atoms with E-state index in [1.165, 1.54) is 0 Å². The van der Waals surface area contributed by atoms with Crippen molar-refractivity contribution < 1.29 is 14.3 Å². The maximum atomic E-state index is 12.2. The van der Waals surface area contributed by atoms with Gasteiger partial charge in [-0.25, -0.2) is 0 Å². The van der Waals surface area contributed by atoms with Gasteiger partial charge in [0.05, 0.1) is 14.2 Å². The van der Waals surface area contributed by atoms with E-state index < -0.39 is 0 Å². The fourth-order valence-corrected chi connectivity index (χ4v) is 2.13. The van der Waals surface area contributed by atoms with E-state index in [-0.39, 0.29) is 11.9 Å². The van der Waals surface area contributed by atoms with E-state index in [0.717, 1.165) is 11.3 Å². The van der Waals surface area contributed by atoms with Crippen LogP contribution in [0.15, 0.2) is 48.5 Å². The van der Waals surface area contributed by atoms with Gasteiger partial charge in [0.1, 0.15) is 11.5 Å². The Morgan fingerprint density at radius 1 is 1.04 bits per heavy atom. The van der Waals surface area contributed by atoms with Gasteiger partial charge in [-0.1, -0.05) is 6.07 Å². The number of nitrogens with zero attached hydrogens (tertiary/aromatic N) is 2. The SMILES string of the molecule is COc1ccc(-c2nc(NC(=O)c3cccc(OC)c3)n[nH]2)cc1. The Bertz CT molecular complexity index is 843. The first-order valence-corrected chi connectivity index (χ1v) is 7.22. The second-order valence-electron chi connectivity index (χ2n) is 4.92. The van der Waals surface area contributed by atoms with Crippen molar-refractivity contribution in [2.45, 2.75) is 0 Å². The predicted molar refractivity (Wildman–Crippen MR) is 89.3 cm³/mol. The molecule has 3 rings (SSSR count). The van der Waals surface area contributed by atoms with E-state index in [1.807, 2.05) is 24.3 Å². The summed E-state index contributed by atoms with van der Waals surface area (Å²) < 4.78 is 10.2. The number of methoxy groups -OCH3 is 2. The number of aromatic nitrogens is 3. The van der Waals surface area contributed by atoms with Crippen LogP contribution in [0.2, 0.25) is 0 Å². The molecule has 1 aromatic heterocycles. The number of aromatic amines is 1. The molecular formula is C17H16N4O3. The molecule has 0 aliphatic rings. The number of nitrogens with one attached hydrogen (secondary N) is 2. The first-order valence-electron chi connectivity index (χ1n) is 7.22. The first kappa shape index (κ1) is 15.5. The molecule has 0 atom stereocenters. The Balaban J connectivity index is 1.74.